The second-order valence-electron chi connectivity index (χ2n) is 12.7. The lowest BCUT2D eigenvalue weighted by Gasteiger charge is -2.26. The van der Waals surface area contributed by atoms with Crippen LogP contribution in [0.5, 0.6) is 0 Å². The molecule has 4 heteroatoms. The number of benzene rings is 2. The van der Waals surface area contributed by atoms with Crippen LogP contribution in [0.4, 0.5) is 0 Å². The van der Waals surface area contributed by atoms with Gasteiger partial charge in [-0.25, -0.2) is 15.0 Å². The van der Waals surface area contributed by atoms with E-state index in [9.17, 15) is 0 Å². The number of fused-ring (bicyclic) bond motifs is 3. The molecule has 216 valence electrons. The zero-order valence-corrected chi connectivity index (χ0v) is 25.3. The van der Waals surface area contributed by atoms with Crippen LogP contribution in [0.3, 0.4) is 0 Å². The molecule has 0 N–H and O–H groups in total. The maximum atomic E-state index is 5.23. The zero-order valence-electron chi connectivity index (χ0n) is 25.3. The first kappa shape index (κ1) is 26.9. The van der Waals surface area contributed by atoms with Gasteiger partial charge in [-0.15, -0.1) is 0 Å². The van der Waals surface area contributed by atoms with Gasteiger partial charge in [0.05, 0.1) is 5.35 Å². The van der Waals surface area contributed by atoms with Gasteiger partial charge in [0, 0.05) is 23.6 Å². The van der Waals surface area contributed by atoms with Gasteiger partial charge < -0.3 is 0 Å². The molecule has 0 saturated heterocycles. The summed E-state index contributed by atoms with van der Waals surface area (Å²) in [7, 11) is 0. The van der Waals surface area contributed by atoms with Crippen LogP contribution in [0.25, 0.3) is 33.8 Å². The summed E-state index contributed by atoms with van der Waals surface area (Å²) >= 11 is 0. The van der Waals surface area contributed by atoms with Gasteiger partial charge in [0.2, 0.25) is 0 Å². The summed E-state index contributed by atoms with van der Waals surface area (Å²) in [6.07, 6.45) is 24.6. The third-order valence-electron chi connectivity index (χ3n) is 9.54. The summed E-state index contributed by atoms with van der Waals surface area (Å²) in [6, 6.07) is 19.2. The first-order valence-corrected chi connectivity index (χ1v) is 16.0. The van der Waals surface area contributed by atoms with E-state index >= 15 is 0 Å². The van der Waals surface area contributed by atoms with E-state index in [1.165, 1.54) is 38.3 Å². The second kappa shape index (κ2) is 11.1. The van der Waals surface area contributed by atoms with E-state index in [2.05, 4.69) is 111 Å². The Bertz CT molecular complexity index is 2080. The largest absolute Gasteiger partial charge is 0.256 e. The van der Waals surface area contributed by atoms with Gasteiger partial charge >= 0.3 is 0 Å². The van der Waals surface area contributed by atoms with E-state index < -0.39 is 0 Å². The molecule has 0 fully saturated rings. The first-order valence-electron chi connectivity index (χ1n) is 16.0. The van der Waals surface area contributed by atoms with Crippen LogP contribution in [0.2, 0.25) is 0 Å². The third kappa shape index (κ3) is 4.98. The molecule has 4 nitrogen and oxygen atoms in total. The second-order valence-corrected chi connectivity index (χ2v) is 12.7. The summed E-state index contributed by atoms with van der Waals surface area (Å²) in [6.45, 7) is 4.57. The van der Waals surface area contributed by atoms with Gasteiger partial charge in [-0.1, -0.05) is 105 Å². The maximum Gasteiger partial charge on any atom is 0.163 e. The smallest absolute Gasteiger partial charge is 0.163 e. The van der Waals surface area contributed by atoms with E-state index in [-0.39, 0.29) is 17.8 Å². The topological polar surface area (TPSA) is 51.6 Å². The Kier molecular flexibility index (Phi) is 6.78. The highest BCUT2D eigenvalue weighted by atomic mass is 15.0. The van der Waals surface area contributed by atoms with Crippen molar-refractivity contribution in [2.45, 2.75) is 51.4 Å². The van der Waals surface area contributed by atoms with Crippen molar-refractivity contribution in [2.75, 3.05) is 0 Å². The summed E-state index contributed by atoms with van der Waals surface area (Å²) in [5.41, 5.74) is 6.42. The van der Waals surface area contributed by atoms with Crippen LogP contribution in [0.1, 0.15) is 63.0 Å². The minimum absolute atomic E-state index is 0.0682. The minimum Gasteiger partial charge on any atom is -0.256 e. The van der Waals surface area contributed by atoms with Gasteiger partial charge in [-0.2, -0.15) is 0 Å². The van der Waals surface area contributed by atoms with Crippen molar-refractivity contribution in [3.05, 3.63) is 142 Å². The lowest BCUT2D eigenvalue weighted by Crippen LogP contribution is -2.33. The van der Waals surface area contributed by atoms with Crippen molar-refractivity contribution >= 4 is 22.4 Å². The van der Waals surface area contributed by atoms with Gasteiger partial charge in [-0.05, 0) is 87.9 Å². The molecule has 44 heavy (non-hydrogen) atoms. The van der Waals surface area contributed by atoms with Crippen LogP contribution in [0, 0.1) is 11.8 Å². The van der Waals surface area contributed by atoms with Crippen LogP contribution >= 0.6 is 0 Å². The molecule has 4 aliphatic carbocycles. The molecular formula is C40H36N4. The molecule has 8 rings (SSSR count). The van der Waals surface area contributed by atoms with Gasteiger partial charge in [0.25, 0.3) is 0 Å². The van der Waals surface area contributed by atoms with Gasteiger partial charge in [-0.3, -0.25) is 4.98 Å². The molecule has 0 radical (unpaired) electrons. The van der Waals surface area contributed by atoms with Crippen LogP contribution in [-0.2, 0) is 0 Å². The molecule has 0 bridgehead atoms. The molecule has 0 amide bonds. The summed E-state index contributed by atoms with van der Waals surface area (Å²) in [5.74, 6) is 3.47. The number of hydrogen-bond donors (Lipinski definition) is 0. The van der Waals surface area contributed by atoms with Crippen molar-refractivity contribution < 1.29 is 0 Å². The predicted octanol–water partition coefficient (Wildman–Crippen LogP) is 7.66. The fourth-order valence-corrected chi connectivity index (χ4v) is 7.15. The van der Waals surface area contributed by atoms with Crippen molar-refractivity contribution in [3.8, 4) is 11.4 Å². The number of allylic oxidation sites excluding steroid dienone is 10. The Hall–Kier alpha value is -4.70. The number of rotatable bonds is 4. The number of nitrogens with zero attached hydrogens (tertiary/aromatic N) is 4. The van der Waals surface area contributed by atoms with Crippen molar-refractivity contribution in [2.24, 2.45) is 11.8 Å². The van der Waals surface area contributed by atoms with Crippen molar-refractivity contribution in [1.82, 2.24) is 19.9 Å². The summed E-state index contributed by atoms with van der Waals surface area (Å²) in [5, 5.41) is 4.76. The van der Waals surface area contributed by atoms with Gasteiger partial charge in [0.15, 0.2) is 5.82 Å². The Morgan fingerprint density at radius 1 is 0.773 bits per heavy atom. The van der Waals surface area contributed by atoms with Gasteiger partial charge in [0.1, 0.15) is 11.6 Å². The van der Waals surface area contributed by atoms with E-state index in [4.69, 9.17) is 19.9 Å². The SMILES string of the molecule is CC1C=C(C2=c3ncccc3=CCC2)C=CC1c1nc(-c2ccc3ccccc3c2)nc(C2C=C3C[C@@H](C)C=CC3=CC2)n1. The molecule has 0 aliphatic heterocycles. The van der Waals surface area contributed by atoms with Crippen LogP contribution in [0.15, 0.2) is 120 Å². The maximum absolute atomic E-state index is 5.23. The molecule has 0 saturated carbocycles. The molecule has 3 unspecified atom stereocenters. The fraction of sp³-hybridized carbons (Fsp3) is 0.250. The zero-order chi connectivity index (χ0) is 29.6. The Balaban J connectivity index is 1.20. The molecule has 2 aromatic heterocycles. The standard InChI is InChI=1S/C40H36N4/c1-25-12-13-28-15-17-33(24-34(28)21-25)39-42-38(32-16-14-27-7-3-4-8-30(27)23-32)43-40(44-39)35-19-18-31(22-26(35)2)36-11-5-9-29-10-6-20-41-37(29)36/h3-4,6-10,12-16,18-20,22-26,33,35H,5,11,17,21H2,1-2H3/t25-,26?,33?,35?/m0/s1. The Morgan fingerprint density at radius 2 is 1.64 bits per heavy atom. The molecular weight excluding hydrogens is 536 g/mol. The summed E-state index contributed by atoms with van der Waals surface area (Å²) in [4.78, 5) is 20.3. The van der Waals surface area contributed by atoms with E-state index in [1.807, 2.05) is 12.3 Å². The first-order chi connectivity index (χ1) is 21.6. The molecule has 0 spiro atoms. The Morgan fingerprint density at radius 3 is 2.55 bits per heavy atom. The number of hydrogen-bond acceptors (Lipinski definition) is 4. The summed E-state index contributed by atoms with van der Waals surface area (Å²) < 4.78 is 0. The number of pyridine rings is 1. The highest BCUT2D eigenvalue weighted by Crippen LogP contribution is 2.38. The fourth-order valence-electron chi connectivity index (χ4n) is 7.15. The highest BCUT2D eigenvalue weighted by molar-refractivity contribution is 5.86. The monoisotopic (exact) mass is 572 g/mol. The van der Waals surface area contributed by atoms with Crippen LogP contribution < -0.4 is 10.6 Å². The molecule has 4 aromatic rings. The molecule has 4 aliphatic rings. The average Bonchev–Trinajstić information content (AvgIpc) is 3.07. The third-order valence-corrected chi connectivity index (χ3v) is 9.54. The molecule has 2 aromatic carbocycles. The average molecular weight is 573 g/mol. The lowest BCUT2D eigenvalue weighted by atomic mass is 9.81. The molecule has 4 atom stereocenters. The quantitative estimate of drug-likeness (QED) is 0.252. The van der Waals surface area contributed by atoms with Crippen LogP contribution in [-0.4, -0.2) is 19.9 Å². The van der Waals surface area contributed by atoms with Crippen molar-refractivity contribution in [1.29, 1.82) is 0 Å². The predicted molar refractivity (Wildman–Crippen MR) is 179 cm³/mol. The molecule has 2 heterocycles. The van der Waals surface area contributed by atoms with Crippen molar-refractivity contribution in [3.63, 3.8) is 0 Å². The van der Waals surface area contributed by atoms with E-state index in [0.29, 0.717) is 5.92 Å². The van der Waals surface area contributed by atoms with E-state index in [1.54, 1.807) is 0 Å². The highest BCUT2D eigenvalue weighted by Gasteiger charge is 2.27. The van der Waals surface area contributed by atoms with E-state index in [0.717, 1.165) is 54.1 Å². The number of aromatic nitrogens is 4. The normalized spacial score (nSPS) is 24.1. The lowest BCUT2D eigenvalue weighted by molar-refractivity contribution is 0.585. The Labute approximate surface area is 258 Å². The minimum atomic E-state index is 0.0682.